The van der Waals surface area contributed by atoms with Gasteiger partial charge in [-0.15, -0.1) is 0 Å². The number of piperazine rings is 1. The summed E-state index contributed by atoms with van der Waals surface area (Å²) in [6, 6.07) is 10.2. The van der Waals surface area contributed by atoms with Gasteiger partial charge in [-0.25, -0.2) is 18.1 Å². The van der Waals surface area contributed by atoms with Gasteiger partial charge in [0.05, 0.1) is 10.5 Å². The fourth-order valence-corrected chi connectivity index (χ4v) is 5.21. The fourth-order valence-electron chi connectivity index (χ4n) is 4.12. The Kier molecular flexibility index (Phi) is 8.05. The first-order valence-corrected chi connectivity index (χ1v) is 13.2. The maximum absolute atomic E-state index is 12.6. The number of benzene rings is 1. The van der Waals surface area contributed by atoms with Crippen molar-refractivity contribution >= 4 is 21.7 Å². The molecular formula is C24H29N5O5S. The predicted molar refractivity (Wildman–Crippen MR) is 129 cm³/mol. The zero-order valence-corrected chi connectivity index (χ0v) is 20.3. The summed E-state index contributed by atoms with van der Waals surface area (Å²) in [6.07, 6.45) is 4.19. The third-order valence-electron chi connectivity index (χ3n) is 6.02. The van der Waals surface area contributed by atoms with Crippen LogP contribution in [0.25, 0.3) is 0 Å². The number of unbranched alkanes of at least 4 members (excludes halogenated alkanes) is 2. The Bertz CT molecular complexity index is 1190. The first-order chi connectivity index (χ1) is 17.0. The van der Waals surface area contributed by atoms with Crippen LogP contribution in [0.2, 0.25) is 0 Å². The van der Waals surface area contributed by atoms with Gasteiger partial charge < -0.3 is 19.3 Å². The van der Waals surface area contributed by atoms with Gasteiger partial charge in [0.2, 0.25) is 15.9 Å². The summed E-state index contributed by atoms with van der Waals surface area (Å²) in [5.41, 5.74) is 0.539. The summed E-state index contributed by atoms with van der Waals surface area (Å²) < 4.78 is 38.6. The van der Waals surface area contributed by atoms with Crippen LogP contribution in [0.5, 0.6) is 11.5 Å². The third-order valence-corrected chi connectivity index (χ3v) is 7.48. The second-order valence-electron chi connectivity index (χ2n) is 8.37. The van der Waals surface area contributed by atoms with E-state index in [1.54, 1.807) is 24.4 Å². The Morgan fingerprint density at radius 2 is 1.83 bits per heavy atom. The molecule has 0 saturated carbocycles. The molecule has 1 fully saturated rings. The van der Waals surface area contributed by atoms with Gasteiger partial charge in [0.25, 0.3) is 0 Å². The first-order valence-electron chi connectivity index (χ1n) is 11.7. The van der Waals surface area contributed by atoms with Gasteiger partial charge in [0.1, 0.15) is 25.1 Å². The largest absolute Gasteiger partial charge is 0.486 e. The van der Waals surface area contributed by atoms with Gasteiger partial charge in [0.15, 0.2) is 11.5 Å². The zero-order chi connectivity index (χ0) is 24.7. The minimum Gasteiger partial charge on any atom is -0.486 e. The predicted octanol–water partition coefficient (Wildman–Crippen LogP) is 1.91. The molecule has 10 nitrogen and oxygen atoms in total. The molecule has 0 radical (unpaired) electrons. The molecule has 1 aromatic carbocycles. The number of nitrogens with zero attached hydrogens (tertiary/aromatic N) is 4. The standard InChI is InChI=1S/C24H29N5O5S/c25-18-19-5-4-9-26-24(19)29-13-11-28(12-14-29)23(30)6-2-1-3-10-27-35(31,32)20-7-8-21-22(17-20)34-16-15-33-21/h4-5,7-9,17,27H,1-3,6,10-16H2. The van der Waals surface area contributed by atoms with Crippen LogP contribution in [-0.2, 0) is 14.8 Å². The summed E-state index contributed by atoms with van der Waals surface area (Å²) in [6.45, 7) is 3.60. The van der Waals surface area contributed by atoms with E-state index in [0.717, 1.165) is 6.42 Å². The van der Waals surface area contributed by atoms with Crippen LogP contribution < -0.4 is 19.1 Å². The molecule has 0 spiro atoms. The average Bonchev–Trinajstić information content (AvgIpc) is 2.90. The highest BCUT2D eigenvalue weighted by Gasteiger charge is 2.23. The van der Waals surface area contributed by atoms with E-state index < -0.39 is 10.0 Å². The monoisotopic (exact) mass is 499 g/mol. The summed E-state index contributed by atoms with van der Waals surface area (Å²) >= 11 is 0. The zero-order valence-electron chi connectivity index (χ0n) is 19.5. The van der Waals surface area contributed by atoms with Crippen LogP contribution in [0.4, 0.5) is 5.82 Å². The van der Waals surface area contributed by atoms with E-state index in [9.17, 15) is 18.5 Å². The number of ether oxygens (including phenoxy) is 2. The van der Waals surface area contributed by atoms with Crippen molar-refractivity contribution in [3.8, 4) is 17.6 Å². The van der Waals surface area contributed by atoms with Crippen molar-refractivity contribution in [1.29, 1.82) is 5.26 Å². The number of nitriles is 1. The number of rotatable bonds is 9. The number of sulfonamides is 1. The molecule has 4 rings (SSSR count). The van der Waals surface area contributed by atoms with E-state index in [2.05, 4.69) is 15.8 Å². The average molecular weight is 500 g/mol. The summed E-state index contributed by atoms with van der Waals surface area (Å²) in [7, 11) is -3.64. The lowest BCUT2D eigenvalue weighted by Gasteiger charge is -2.35. The van der Waals surface area contributed by atoms with Gasteiger partial charge in [-0.3, -0.25) is 4.79 Å². The van der Waals surface area contributed by atoms with E-state index in [1.165, 1.54) is 12.1 Å². The van der Waals surface area contributed by atoms with Crippen LogP contribution in [0.3, 0.4) is 0 Å². The molecule has 0 unspecified atom stereocenters. The van der Waals surface area contributed by atoms with Crippen LogP contribution in [0.1, 0.15) is 31.2 Å². The Balaban J connectivity index is 1.14. The van der Waals surface area contributed by atoms with Crippen molar-refractivity contribution < 1.29 is 22.7 Å². The molecule has 0 aliphatic carbocycles. The molecule has 3 heterocycles. The normalized spacial score (nSPS) is 15.5. The van der Waals surface area contributed by atoms with Crippen molar-refractivity contribution in [2.75, 3.05) is 50.8 Å². The van der Waals surface area contributed by atoms with Crippen LogP contribution >= 0.6 is 0 Å². The molecule has 1 amide bonds. The second-order valence-corrected chi connectivity index (χ2v) is 10.1. The van der Waals surface area contributed by atoms with Crippen LogP contribution in [-0.4, -0.2) is 70.1 Å². The number of nitrogens with one attached hydrogen (secondary N) is 1. The van der Waals surface area contributed by atoms with Crippen molar-refractivity contribution in [2.24, 2.45) is 0 Å². The summed E-state index contributed by atoms with van der Waals surface area (Å²) in [4.78, 5) is 20.9. The van der Waals surface area contributed by atoms with Gasteiger partial charge in [-0.1, -0.05) is 6.42 Å². The maximum atomic E-state index is 12.6. The van der Waals surface area contributed by atoms with Gasteiger partial charge >= 0.3 is 0 Å². The Labute approximate surface area is 205 Å². The topological polar surface area (TPSA) is 125 Å². The number of hydrogen-bond acceptors (Lipinski definition) is 8. The molecule has 35 heavy (non-hydrogen) atoms. The van der Waals surface area contributed by atoms with Crippen LogP contribution in [0.15, 0.2) is 41.4 Å². The minimum absolute atomic E-state index is 0.100. The molecule has 0 bridgehead atoms. The first kappa shape index (κ1) is 24.8. The smallest absolute Gasteiger partial charge is 0.240 e. The second kappa shape index (κ2) is 11.4. The fraction of sp³-hybridized carbons (Fsp3) is 0.458. The van der Waals surface area contributed by atoms with E-state index in [0.29, 0.717) is 88.1 Å². The summed E-state index contributed by atoms with van der Waals surface area (Å²) in [5, 5.41) is 9.26. The van der Waals surface area contributed by atoms with E-state index in [1.807, 2.05) is 9.80 Å². The molecule has 2 aliphatic heterocycles. The number of anilines is 1. The molecule has 2 aromatic rings. The minimum atomic E-state index is -3.64. The highest BCUT2D eigenvalue weighted by Crippen LogP contribution is 2.32. The van der Waals surface area contributed by atoms with Gasteiger partial charge in [-0.2, -0.15) is 5.26 Å². The molecule has 1 saturated heterocycles. The van der Waals surface area contributed by atoms with E-state index >= 15 is 0 Å². The Morgan fingerprint density at radius 3 is 2.60 bits per heavy atom. The molecule has 186 valence electrons. The number of amides is 1. The number of carbonyl (C=O) groups is 1. The molecular weight excluding hydrogens is 470 g/mol. The van der Waals surface area contributed by atoms with Crippen molar-refractivity contribution in [1.82, 2.24) is 14.6 Å². The number of pyridine rings is 1. The quantitative estimate of drug-likeness (QED) is 0.519. The number of hydrogen-bond donors (Lipinski definition) is 1. The van der Waals surface area contributed by atoms with Gasteiger partial charge in [0, 0.05) is 51.4 Å². The highest BCUT2D eigenvalue weighted by atomic mass is 32.2. The van der Waals surface area contributed by atoms with Crippen LogP contribution in [0, 0.1) is 11.3 Å². The lowest BCUT2D eigenvalue weighted by Crippen LogP contribution is -2.49. The molecule has 11 heteroatoms. The molecule has 1 N–H and O–H groups in total. The third kappa shape index (κ3) is 6.21. The lowest BCUT2D eigenvalue weighted by molar-refractivity contribution is -0.131. The number of fused-ring (bicyclic) bond motifs is 1. The van der Waals surface area contributed by atoms with E-state index in [4.69, 9.17) is 9.47 Å². The number of aromatic nitrogens is 1. The van der Waals surface area contributed by atoms with E-state index in [-0.39, 0.29) is 10.8 Å². The lowest BCUT2D eigenvalue weighted by atomic mass is 10.1. The molecule has 1 aromatic heterocycles. The Hall–Kier alpha value is -3.36. The SMILES string of the molecule is N#Cc1cccnc1N1CCN(C(=O)CCCCCNS(=O)(=O)c2ccc3c(c2)OCCO3)CC1. The summed E-state index contributed by atoms with van der Waals surface area (Å²) in [5.74, 6) is 1.75. The highest BCUT2D eigenvalue weighted by molar-refractivity contribution is 7.89. The van der Waals surface area contributed by atoms with Crippen molar-refractivity contribution in [3.05, 3.63) is 42.1 Å². The Morgan fingerprint density at radius 1 is 1.06 bits per heavy atom. The number of carbonyl (C=O) groups excluding carboxylic acids is 1. The van der Waals surface area contributed by atoms with Crippen molar-refractivity contribution in [2.45, 2.75) is 30.6 Å². The molecule has 2 aliphatic rings. The molecule has 0 atom stereocenters. The van der Waals surface area contributed by atoms with Crippen molar-refractivity contribution in [3.63, 3.8) is 0 Å². The maximum Gasteiger partial charge on any atom is 0.240 e. The van der Waals surface area contributed by atoms with Gasteiger partial charge in [-0.05, 0) is 37.1 Å².